The zero-order valence-corrected chi connectivity index (χ0v) is 17.9. The number of nitrogens with zero attached hydrogens (tertiary/aromatic N) is 4. The minimum atomic E-state index is -4.69. The van der Waals surface area contributed by atoms with Crippen LogP contribution in [0.3, 0.4) is 0 Å². The van der Waals surface area contributed by atoms with Crippen LogP contribution in [0.4, 0.5) is 13.2 Å². The van der Waals surface area contributed by atoms with Crippen LogP contribution in [-0.4, -0.2) is 33.5 Å². The average Bonchev–Trinajstić information content (AvgIpc) is 3.42. The van der Waals surface area contributed by atoms with Crippen LogP contribution in [0.5, 0.6) is 11.5 Å². The molecule has 0 spiro atoms. The van der Waals surface area contributed by atoms with Gasteiger partial charge in [0.1, 0.15) is 24.7 Å². The van der Waals surface area contributed by atoms with Crippen molar-refractivity contribution in [2.75, 3.05) is 13.2 Å². The third-order valence-electron chi connectivity index (χ3n) is 4.63. The highest BCUT2D eigenvalue weighted by Crippen LogP contribution is 2.32. The lowest BCUT2D eigenvalue weighted by Crippen LogP contribution is -2.10. The van der Waals surface area contributed by atoms with Gasteiger partial charge in [-0.2, -0.15) is 23.1 Å². The summed E-state index contributed by atoms with van der Waals surface area (Å²) < 4.78 is 58.9. The summed E-state index contributed by atoms with van der Waals surface area (Å²) in [5, 5.41) is 7.29. The molecule has 0 atom stereocenters. The highest BCUT2D eigenvalue weighted by Gasteiger charge is 2.38. The summed E-state index contributed by atoms with van der Waals surface area (Å²) in [4.78, 5) is 7.59. The molecule has 0 amide bonds. The maximum absolute atomic E-state index is 12.7. The van der Waals surface area contributed by atoms with Gasteiger partial charge in [-0.3, -0.25) is 0 Å². The van der Waals surface area contributed by atoms with Gasteiger partial charge in [0.15, 0.2) is 0 Å². The van der Waals surface area contributed by atoms with E-state index in [4.69, 9.17) is 14.0 Å². The third kappa shape index (κ3) is 5.13. The fourth-order valence-electron chi connectivity index (χ4n) is 3.18. The molecule has 2 heterocycles. The standard InChI is InChI=1S/C22H19F3N4O4/c1-12-10-16(20-27-21(33-29-20)22(23,24)25)11-13(2)18(12)31-9-8-30-17-6-4-15(5-7-17)19-26-14(3)32-28-19/h4-7,10-11H,8-9H2,1-3H3. The number of aromatic nitrogens is 4. The molecule has 0 N–H and O–H groups in total. The predicted molar refractivity (Wildman–Crippen MR) is 110 cm³/mol. The van der Waals surface area contributed by atoms with Crippen LogP contribution < -0.4 is 9.47 Å². The monoisotopic (exact) mass is 460 g/mol. The first-order valence-corrected chi connectivity index (χ1v) is 9.89. The Labute approximate surface area is 186 Å². The maximum atomic E-state index is 12.7. The number of halogens is 3. The normalized spacial score (nSPS) is 11.6. The molecule has 0 aliphatic heterocycles. The van der Waals surface area contributed by atoms with Gasteiger partial charge in [0, 0.05) is 18.1 Å². The molecule has 0 saturated carbocycles. The SMILES string of the molecule is Cc1nc(-c2ccc(OCCOc3c(C)cc(-c4noc(C(F)(F)F)n4)cc3C)cc2)no1. The fourth-order valence-corrected chi connectivity index (χ4v) is 3.18. The molecule has 0 fully saturated rings. The largest absolute Gasteiger partial charge is 0.490 e. The molecular formula is C22H19F3N4O4. The van der Waals surface area contributed by atoms with E-state index in [1.807, 2.05) is 12.1 Å². The highest BCUT2D eigenvalue weighted by molar-refractivity contribution is 5.61. The number of benzene rings is 2. The number of hydrogen-bond acceptors (Lipinski definition) is 8. The molecule has 0 saturated heterocycles. The summed E-state index contributed by atoms with van der Waals surface area (Å²) in [5.41, 5.74) is 2.67. The van der Waals surface area contributed by atoms with Gasteiger partial charge < -0.3 is 18.5 Å². The molecular weight excluding hydrogens is 441 g/mol. The minimum absolute atomic E-state index is 0.136. The van der Waals surface area contributed by atoms with E-state index >= 15 is 0 Å². The van der Waals surface area contributed by atoms with Crippen LogP contribution in [0.15, 0.2) is 45.4 Å². The summed E-state index contributed by atoms with van der Waals surface area (Å²) in [7, 11) is 0. The molecule has 2 aromatic heterocycles. The summed E-state index contributed by atoms with van der Waals surface area (Å²) in [5.74, 6) is 0.749. The van der Waals surface area contributed by atoms with E-state index in [9.17, 15) is 13.2 Å². The molecule has 8 nitrogen and oxygen atoms in total. The van der Waals surface area contributed by atoms with Gasteiger partial charge in [0.25, 0.3) is 0 Å². The van der Waals surface area contributed by atoms with E-state index in [1.165, 1.54) is 0 Å². The number of aryl methyl sites for hydroxylation is 3. The van der Waals surface area contributed by atoms with Gasteiger partial charge in [0.05, 0.1) is 0 Å². The van der Waals surface area contributed by atoms with E-state index in [-0.39, 0.29) is 12.4 Å². The second kappa shape index (κ2) is 8.93. The molecule has 11 heteroatoms. The Hall–Kier alpha value is -3.89. The van der Waals surface area contributed by atoms with Crippen LogP contribution in [0.2, 0.25) is 0 Å². The maximum Gasteiger partial charge on any atom is 0.471 e. The quantitative estimate of drug-likeness (QED) is 0.348. The summed E-state index contributed by atoms with van der Waals surface area (Å²) in [6.07, 6.45) is -4.69. The van der Waals surface area contributed by atoms with Gasteiger partial charge in [-0.05, 0) is 61.4 Å². The Bertz CT molecular complexity index is 1230. The Morgan fingerprint density at radius 3 is 1.97 bits per heavy atom. The molecule has 0 bridgehead atoms. The predicted octanol–water partition coefficient (Wildman–Crippen LogP) is 5.19. The smallest absolute Gasteiger partial charge is 0.471 e. The molecule has 0 unspecified atom stereocenters. The van der Waals surface area contributed by atoms with Crippen LogP contribution in [0, 0.1) is 20.8 Å². The molecule has 0 aliphatic rings. The number of rotatable bonds is 7. The Morgan fingerprint density at radius 2 is 1.39 bits per heavy atom. The second-order valence-electron chi connectivity index (χ2n) is 7.22. The van der Waals surface area contributed by atoms with E-state index in [0.717, 1.165) is 16.7 Å². The lowest BCUT2D eigenvalue weighted by molar-refractivity contribution is -0.159. The van der Waals surface area contributed by atoms with Crippen LogP contribution in [0.25, 0.3) is 22.8 Å². The van der Waals surface area contributed by atoms with E-state index < -0.39 is 12.1 Å². The van der Waals surface area contributed by atoms with E-state index in [2.05, 4.69) is 24.8 Å². The Balaban J connectivity index is 1.34. The van der Waals surface area contributed by atoms with E-state index in [0.29, 0.717) is 35.4 Å². The van der Waals surface area contributed by atoms with Crippen molar-refractivity contribution in [2.45, 2.75) is 26.9 Å². The van der Waals surface area contributed by atoms with Crippen molar-refractivity contribution in [1.29, 1.82) is 0 Å². The van der Waals surface area contributed by atoms with Crippen molar-refractivity contribution in [3.05, 3.63) is 59.3 Å². The zero-order valence-electron chi connectivity index (χ0n) is 17.9. The molecule has 172 valence electrons. The molecule has 0 aliphatic carbocycles. The van der Waals surface area contributed by atoms with Crippen molar-refractivity contribution in [1.82, 2.24) is 20.3 Å². The lowest BCUT2D eigenvalue weighted by Gasteiger charge is -2.14. The minimum Gasteiger partial charge on any atom is -0.490 e. The lowest BCUT2D eigenvalue weighted by atomic mass is 10.1. The number of hydrogen-bond donors (Lipinski definition) is 0. The molecule has 4 rings (SSSR count). The van der Waals surface area contributed by atoms with Gasteiger partial charge in [-0.15, -0.1) is 0 Å². The van der Waals surface area contributed by atoms with Crippen molar-refractivity contribution < 1.29 is 31.7 Å². The van der Waals surface area contributed by atoms with Crippen molar-refractivity contribution in [3.63, 3.8) is 0 Å². The number of ether oxygens (including phenoxy) is 2. The average molecular weight is 460 g/mol. The first-order chi connectivity index (χ1) is 15.7. The van der Waals surface area contributed by atoms with Crippen molar-refractivity contribution >= 4 is 0 Å². The molecule has 2 aromatic carbocycles. The van der Waals surface area contributed by atoms with Gasteiger partial charge in [-0.25, -0.2) is 0 Å². The summed E-state index contributed by atoms with van der Waals surface area (Å²) in [6.45, 7) is 5.86. The van der Waals surface area contributed by atoms with E-state index in [1.54, 1.807) is 45.0 Å². The summed E-state index contributed by atoms with van der Waals surface area (Å²) in [6, 6.07) is 10.5. The second-order valence-corrected chi connectivity index (χ2v) is 7.22. The first-order valence-electron chi connectivity index (χ1n) is 9.89. The third-order valence-corrected chi connectivity index (χ3v) is 4.63. The molecule has 0 radical (unpaired) electrons. The van der Waals surface area contributed by atoms with Gasteiger partial charge in [-0.1, -0.05) is 10.3 Å². The summed E-state index contributed by atoms with van der Waals surface area (Å²) >= 11 is 0. The van der Waals surface area contributed by atoms with Crippen LogP contribution >= 0.6 is 0 Å². The van der Waals surface area contributed by atoms with Crippen molar-refractivity contribution in [3.8, 4) is 34.3 Å². The Kier molecular flexibility index (Phi) is 6.03. The topological polar surface area (TPSA) is 96.3 Å². The molecule has 4 aromatic rings. The zero-order chi connectivity index (χ0) is 23.6. The first kappa shape index (κ1) is 22.3. The Morgan fingerprint density at radius 1 is 0.788 bits per heavy atom. The highest BCUT2D eigenvalue weighted by atomic mass is 19.4. The van der Waals surface area contributed by atoms with Gasteiger partial charge >= 0.3 is 12.1 Å². The van der Waals surface area contributed by atoms with Crippen molar-refractivity contribution in [2.24, 2.45) is 0 Å². The number of alkyl halides is 3. The van der Waals surface area contributed by atoms with Crippen LogP contribution in [0.1, 0.15) is 22.9 Å². The van der Waals surface area contributed by atoms with Gasteiger partial charge in [0.2, 0.25) is 17.5 Å². The fraction of sp³-hybridized carbons (Fsp3) is 0.273. The molecule has 33 heavy (non-hydrogen) atoms. The van der Waals surface area contributed by atoms with Crippen LogP contribution in [-0.2, 0) is 6.18 Å².